The van der Waals surface area contributed by atoms with Crippen LogP contribution in [-0.4, -0.2) is 20.3 Å². The van der Waals surface area contributed by atoms with E-state index in [1.807, 2.05) is 12.2 Å². The summed E-state index contributed by atoms with van der Waals surface area (Å²) in [6.45, 7) is 26.6. The van der Waals surface area contributed by atoms with Gasteiger partial charge < -0.3 is 9.47 Å². The molecule has 28 heavy (non-hydrogen) atoms. The van der Waals surface area contributed by atoms with E-state index in [0.717, 1.165) is 47.3 Å². The van der Waals surface area contributed by atoms with Gasteiger partial charge in [0.2, 0.25) is 0 Å². The quantitative estimate of drug-likeness (QED) is 0.264. The van der Waals surface area contributed by atoms with Crippen LogP contribution in [0.3, 0.4) is 0 Å². The van der Waals surface area contributed by atoms with Crippen LogP contribution in [0.1, 0.15) is 47.0 Å². The molecule has 0 amide bonds. The Kier molecular flexibility index (Phi) is 9.48. The van der Waals surface area contributed by atoms with Gasteiger partial charge in [0.05, 0.1) is 6.61 Å². The fraction of sp³-hybridized carbons (Fsp3) is 0.462. The second kappa shape index (κ2) is 11.1. The lowest BCUT2D eigenvalue weighted by atomic mass is 9.79. The van der Waals surface area contributed by atoms with Crippen LogP contribution in [0.25, 0.3) is 0 Å². The van der Waals surface area contributed by atoms with Crippen molar-refractivity contribution >= 4 is 0 Å². The van der Waals surface area contributed by atoms with Gasteiger partial charge in [-0.15, -0.1) is 0 Å². The van der Waals surface area contributed by atoms with Crippen LogP contribution < -0.4 is 0 Å². The van der Waals surface area contributed by atoms with Crippen molar-refractivity contribution in [2.24, 2.45) is 11.3 Å². The third kappa shape index (κ3) is 6.24. The molecule has 0 aromatic heterocycles. The lowest BCUT2D eigenvalue weighted by Gasteiger charge is -2.29. The molecule has 0 radical (unpaired) electrons. The van der Waals surface area contributed by atoms with Crippen molar-refractivity contribution < 1.29 is 9.47 Å². The normalized spacial score (nSPS) is 22.2. The molecule has 2 atom stereocenters. The highest BCUT2D eigenvalue weighted by Crippen LogP contribution is 2.47. The highest BCUT2D eigenvalue weighted by molar-refractivity contribution is 5.49. The van der Waals surface area contributed by atoms with Crippen molar-refractivity contribution in [2.75, 3.05) is 20.3 Å². The zero-order chi connectivity index (χ0) is 21.3. The molecule has 0 N–H and O–H groups in total. The molecule has 0 aromatic carbocycles. The van der Waals surface area contributed by atoms with Gasteiger partial charge in [-0.05, 0) is 60.5 Å². The third-order valence-electron chi connectivity index (χ3n) is 5.47. The number of hydrogen-bond donors (Lipinski definition) is 0. The molecule has 1 aliphatic carbocycles. The van der Waals surface area contributed by atoms with E-state index in [4.69, 9.17) is 9.47 Å². The monoisotopic (exact) mass is 382 g/mol. The van der Waals surface area contributed by atoms with E-state index in [9.17, 15) is 0 Å². The zero-order valence-electron chi connectivity index (χ0n) is 18.6. The molecule has 0 saturated carbocycles. The fourth-order valence-corrected chi connectivity index (χ4v) is 3.45. The summed E-state index contributed by atoms with van der Waals surface area (Å²) in [6, 6.07) is 0. The predicted octanol–water partition coefficient (Wildman–Crippen LogP) is 7.11. The first kappa shape index (κ1) is 24.0. The Morgan fingerprint density at radius 3 is 2.36 bits per heavy atom. The number of ether oxygens (including phenoxy) is 2. The van der Waals surface area contributed by atoms with Crippen LogP contribution in [0.5, 0.6) is 0 Å². The second-order valence-electron chi connectivity index (χ2n) is 7.77. The van der Waals surface area contributed by atoms with Crippen LogP contribution in [0.2, 0.25) is 0 Å². The van der Waals surface area contributed by atoms with Crippen molar-refractivity contribution in [3.8, 4) is 0 Å². The minimum Gasteiger partial charge on any atom is -0.495 e. The van der Waals surface area contributed by atoms with Gasteiger partial charge in [0.25, 0.3) is 0 Å². The third-order valence-corrected chi connectivity index (χ3v) is 5.47. The van der Waals surface area contributed by atoms with Crippen LogP contribution >= 0.6 is 0 Å². The molecule has 2 heteroatoms. The van der Waals surface area contributed by atoms with E-state index in [-0.39, 0.29) is 5.41 Å². The summed E-state index contributed by atoms with van der Waals surface area (Å²) >= 11 is 0. The summed E-state index contributed by atoms with van der Waals surface area (Å²) in [7, 11) is 1.68. The number of methoxy groups -OCH3 is 1. The summed E-state index contributed by atoms with van der Waals surface area (Å²) in [4.78, 5) is 0. The van der Waals surface area contributed by atoms with Crippen LogP contribution in [0.4, 0.5) is 0 Å². The molecular weight excluding hydrogens is 344 g/mol. The molecule has 1 rings (SSSR count). The van der Waals surface area contributed by atoms with Gasteiger partial charge in [-0.25, -0.2) is 0 Å². The number of allylic oxidation sites excluding steroid dienone is 9. The van der Waals surface area contributed by atoms with Gasteiger partial charge in [-0.1, -0.05) is 70.9 Å². The lowest BCUT2D eigenvalue weighted by Crippen LogP contribution is -2.21. The molecule has 0 spiro atoms. The molecule has 1 unspecified atom stereocenters. The van der Waals surface area contributed by atoms with Gasteiger partial charge in [0.1, 0.15) is 12.4 Å². The lowest BCUT2D eigenvalue weighted by molar-refractivity contribution is 0.0889. The van der Waals surface area contributed by atoms with Crippen molar-refractivity contribution in [3.05, 3.63) is 84.2 Å². The maximum atomic E-state index is 5.99. The maximum absolute atomic E-state index is 5.99. The molecule has 154 valence electrons. The number of rotatable bonds is 12. The van der Waals surface area contributed by atoms with E-state index in [0.29, 0.717) is 19.1 Å². The summed E-state index contributed by atoms with van der Waals surface area (Å²) in [5, 5.41) is 0. The van der Waals surface area contributed by atoms with Gasteiger partial charge in [0.15, 0.2) is 0 Å². The zero-order valence-corrected chi connectivity index (χ0v) is 18.6. The first-order chi connectivity index (χ1) is 13.2. The van der Waals surface area contributed by atoms with Gasteiger partial charge in [0, 0.05) is 12.5 Å². The highest BCUT2D eigenvalue weighted by atomic mass is 16.5. The Morgan fingerprint density at radius 2 is 1.79 bits per heavy atom. The van der Waals surface area contributed by atoms with Crippen molar-refractivity contribution in [2.45, 2.75) is 47.0 Å². The minimum absolute atomic E-state index is 0.202. The molecule has 0 aromatic rings. The molecule has 1 aliphatic rings. The molecule has 0 aliphatic heterocycles. The van der Waals surface area contributed by atoms with E-state index < -0.39 is 0 Å². The van der Waals surface area contributed by atoms with Gasteiger partial charge in [-0.2, -0.15) is 0 Å². The average molecular weight is 383 g/mol. The Balaban J connectivity index is 2.87. The van der Waals surface area contributed by atoms with E-state index >= 15 is 0 Å². The van der Waals surface area contributed by atoms with Crippen molar-refractivity contribution in [1.29, 1.82) is 0 Å². The van der Waals surface area contributed by atoms with Crippen LogP contribution in [0, 0.1) is 11.3 Å². The Hall–Kier alpha value is -2.06. The number of hydrogen-bond acceptors (Lipinski definition) is 2. The molecule has 0 saturated heterocycles. The standard InChI is InChI=1S/C26H38O2/c1-10-20(4)24(11-2)17-22(6)21(5)12-13-23(7)26(8)18-19(3)16-25(26)28-15-14-27-9/h12-13,16-17,19H,4-7,10-11,14-15,18H2,1-3,8-9H3/b13-12-,24-17-/t19?,26-/m0/s1. The minimum atomic E-state index is -0.202. The first-order valence-corrected chi connectivity index (χ1v) is 10.2. The fourth-order valence-electron chi connectivity index (χ4n) is 3.45. The van der Waals surface area contributed by atoms with Crippen molar-refractivity contribution in [3.63, 3.8) is 0 Å². The maximum Gasteiger partial charge on any atom is 0.111 e. The Bertz CT molecular complexity index is 702. The van der Waals surface area contributed by atoms with E-state index in [2.05, 4.69) is 66.2 Å². The largest absolute Gasteiger partial charge is 0.495 e. The summed E-state index contributed by atoms with van der Waals surface area (Å²) in [5.74, 6) is 1.45. The van der Waals surface area contributed by atoms with E-state index in [1.54, 1.807) is 7.11 Å². The SMILES string of the molecule is C=C(/C=C\C(=C)[C@]1(C)CC(C)C=C1OCCOC)C(=C)/C=C(/CC)C(=C)CC. The summed E-state index contributed by atoms with van der Waals surface area (Å²) in [6.07, 6.45) is 11.2. The molecule has 0 heterocycles. The molecular formula is C26H38O2. The highest BCUT2D eigenvalue weighted by Gasteiger charge is 2.39. The average Bonchev–Trinajstić information content (AvgIpc) is 2.97. The summed E-state index contributed by atoms with van der Waals surface area (Å²) in [5.41, 5.74) is 5.00. The van der Waals surface area contributed by atoms with Crippen LogP contribution in [0.15, 0.2) is 84.2 Å². The smallest absolute Gasteiger partial charge is 0.111 e. The summed E-state index contributed by atoms with van der Waals surface area (Å²) < 4.78 is 11.1. The van der Waals surface area contributed by atoms with Gasteiger partial charge >= 0.3 is 0 Å². The Morgan fingerprint density at radius 1 is 1.11 bits per heavy atom. The van der Waals surface area contributed by atoms with Crippen LogP contribution in [-0.2, 0) is 9.47 Å². The van der Waals surface area contributed by atoms with Crippen molar-refractivity contribution in [1.82, 2.24) is 0 Å². The Labute approximate surface area is 172 Å². The van der Waals surface area contributed by atoms with E-state index in [1.165, 1.54) is 5.57 Å². The predicted molar refractivity (Wildman–Crippen MR) is 122 cm³/mol. The van der Waals surface area contributed by atoms with Gasteiger partial charge in [-0.3, -0.25) is 0 Å². The molecule has 2 nitrogen and oxygen atoms in total. The molecule has 0 bridgehead atoms. The topological polar surface area (TPSA) is 18.5 Å². The second-order valence-corrected chi connectivity index (χ2v) is 7.77. The molecule has 0 fully saturated rings. The first-order valence-electron chi connectivity index (χ1n) is 10.2.